The third-order valence-corrected chi connectivity index (χ3v) is 5.75. The molecule has 4 heteroatoms. The van der Waals surface area contributed by atoms with Gasteiger partial charge >= 0.3 is 0 Å². The third kappa shape index (κ3) is 6.27. The molecule has 0 saturated carbocycles. The van der Waals surface area contributed by atoms with Crippen LogP contribution >= 0.6 is 31.9 Å². The summed E-state index contributed by atoms with van der Waals surface area (Å²) in [6.07, 6.45) is 2.48. The quantitative estimate of drug-likeness (QED) is 0.483. The lowest BCUT2D eigenvalue weighted by Gasteiger charge is -2.17. The summed E-state index contributed by atoms with van der Waals surface area (Å²) in [5.41, 5.74) is 4.30. The van der Waals surface area contributed by atoms with E-state index in [-0.39, 0.29) is 0 Å². The molecule has 0 amide bonds. The zero-order valence-electron chi connectivity index (χ0n) is 15.7. The minimum absolute atomic E-state index is 0.398. The Labute approximate surface area is 174 Å². The van der Waals surface area contributed by atoms with Crippen molar-refractivity contribution < 1.29 is 0 Å². The summed E-state index contributed by atoms with van der Waals surface area (Å²) in [5, 5.41) is 17.5. The summed E-state index contributed by atoms with van der Waals surface area (Å²) < 4.78 is 2.25. The molecule has 26 heavy (non-hydrogen) atoms. The van der Waals surface area contributed by atoms with Crippen molar-refractivity contribution >= 4 is 31.9 Å². The first-order valence-corrected chi connectivity index (χ1v) is 10.2. The van der Waals surface area contributed by atoms with E-state index < -0.39 is 5.41 Å². The van der Waals surface area contributed by atoms with Gasteiger partial charge in [-0.3, -0.25) is 0 Å². The Morgan fingerprint density at radius 2 is 1.42 bits per heavy atom. The number of hydrogen-bond acceptors (Lipinski definition) is 2. The molecule has 0 fully saturated rings. The van der Waals surface area contributed by atoms with Gasteiger partial charge in [0.15, 0.2) is 0 Å². The van der Waals surface area contributed by atoms with Crippen LogP contribution in [0.1, 0.15) is 49.9 Å². The molecule has 0 N–H and O–H groups in total. The topological polar surface area (TPSA) is 47.6 Å². The van der Waals surface area contributed by atoms with Crippen LogP contribution < -0.4 is 0 Å². The van der Waals surface area contributed by atoms with Gasteiger partial charge in [-0.15, -0.1) is 0 Å². The van der Waals surface area contributed by atoms with Gasteiger partial charge in [0.05, 0.1) is 24.0 Å². The molecule has 0 radical (unpaired) electrons. The lowest BCUT2D eigenvalue weighted by molar-refractivity contribution is 0.685. The van der Waals surface area contributed by atoms with E-state index in [0.29, 0.717) is 6.42 Å². The smallest absolute Gasteiger partial charge is 0.0766 e. The Balaban J connectivity index is 0.000000263. The Bertz CT molecular complexity index is 827. The van der Waals surface area contributed by atoms with Crippen molar-refractivity contribution in [1.82, 2.24) is 0 Å². The number of halogens is 2. The van der Waals surface area contributed by atoms with Crippen molar-refractivity contribution in [2.75, 3.05) is 0 Å². The van der Waals surface area contributed by atoms with E-state index in [2.05, 4.69) is 70.0 Å². The molecule has 0 aliphatic rings. The van der Waals surface area contributed by atoms with Gasteiger partial charge in [-0.1, -0.05) is 70.0 Å². The molecule has 0 unspecified atom stereocenters. The maximum Gasteiger partial charge on any atom is 0.0766 e. The summed E-state index contributed by atoms with van der Waals surface area (Å²) in [6, 6.07) is 16.6. The standard InChI is InChI=1S/C12H14BrN.C10H10BrN/c1-4-9-7-10(5-6-11(9)13)12(2,3)8-14;1-2-9-7-8(5-6-12)3-4-10(9)11/h5-7H,4H2,1-3H3;3-4,7H,2,5H2,1H3. The molecule has 0 spiro atoms. The Kier molecular flexibility index (Phi) is 9.06. The van der Waals surface area contributed by atoms with Gasteiger partial charge < -0.3 is 0 Å². The fourth-order valence-corrected chi connectivity index (χ4v) is 3.45. The molecule has 0 atom stereocenters. The zero-order valence-corrected chi connectivity index (χ0v) is 18.9. The van der Waals surface area contributed by atoms with Crippen molar-refractivity contribution in [2.45, 2.75) is 52.4 Å². The van der Waals surface area contributed by atoms with Gasteiger partial charge in [-0.2, -0.15) is 10.5 Å². The molecule has 136 valence electrons. The van der Waals surface area contributed by atoms with Crippen molar-refractivity contribution in [1.29, 1.82) is 10.5 Å². The van der Waals surface area contributed by atoms with E-state index in [4.69, 9.17) is 10.5 Å². The van der Waals surface area contributed by atoms with Gasteiger partial charge in [-0.25, -0.2) is 0 Å². The van der Waals surface area contributed by atoms with E-state index in [9.17, 15) is 0 Å². The van der Waals surface area contributed by atoms with E-state index in [0.717, 1.165) is 32.9 Å². The maximum atomic E-state index is 9.02. The van der Waals surface area contributed by atoms with Crippen LogP contribution in [0, 0.1) is 22.7 Å². The van der Waals surface area contributed by atoms with Crippen LogP contribution in [0.15, 0.2) is 45.3 Å². The average Bonchev–Trinajstić information content (AvgIpc) is 2.64. The summed E-state index contributed by atoms with van der Waals surface area (Å²) in [7, 11) is 0. The highest BCUT2D eigenvalue weighted by atomic mass is 79.9. The number of nitrogens with zero attached hydrogens (tertiary/aromatic N) is 2. The van der Waals surface area contributed by atoms with Crippen molar-refractivity contribution in [3.8, 4) is 12.1 Å². The van der Waals surface area contributed by atoms with Crippen molar-refractivity contribution in [2.24, 2.45) is 0 Å². The fraction of sp³-hybridized carbons (Fsp3) is 0.364. The SMILES string of the molecule is CCc1cc(C(C)(C)C#N)ccc1Br.CCc1cc(CC#N)ccc1Br. The summed E-state index contributed by atoms with van der Waals surface area (Å²) >= 11 is 6.96. The molecule has 0 aliphatic heterocycles. The molecule has 0 aliphatic carbocycles. The first-order valence-electron chi connectivity index (χ1n) is 8.63. The Hall–Kier alpha value is -1.62. The maximum absolute atomic E-state index is 9.02. The van der Waals surface area contributed by atoms with E-state index in [1.54, 1.807) is 0 Å². The monoisotopic (exact) mass is 474 g/mol. The molecular weight excluding hydrogens is 452 g/mol. The lowest BCUT2D eigenvalue weighted by atomic mass is 9.85. The lowest BCUT2D eigenvalue weighted by Crippen LogP contribution is -2.14. The summed E-state index contributed by atoms with van der Waals surface area (Å²) in [4.78, 5) is 0. The van der Waals surface area contributed by atoms with Crippen molar-refractivity contribution in [3.05, 3.63) is 67.6 Å². The highest BCUT2D eigenvalue weighted by molar-refractivity contribution is 9.10. The van der Waals surface area contributed by atoms with Crippen LogP contribution in [0.5, 0.6) is 0 Å². The van der Waals surface area contributed by atoms with Crippen LogP contribution in [0.25, 0.3) is 0 Å². The largest absolute Gasteiger partial charge is 0.198 e. The summed E-state index contributed by atoms with van der Waals surface area (Å²) in [6.45, 7) is 8.10. The molecule has 2 nitrogen and oxygen atoms in total. The Morgan fingerprint density at radius 1 is 0.885 bits per heavy atom. The first-order chi connectivity index (χ1) is 12.3. The fourth-order valence-electron chi connectivity index (χ4n) is 2.40. The molecule has 0 heterocycles. The molecular formula is C22H24Br2N2. The number of aryl methyl sites for hydroxylation is 2. The van der Waals surface area contributed by atoms with Gasteiger partial charge in [0.1, 0.15) is 0 Å². The number of hydrogen-bond donors (Lipinski definition) is 0. The first kappa shape index (κ1) is 22.4. The van der Waals surface area contributed by atoms with Crippen molar-refractivity contribution in [3.63, 3.8) is 0 Å². The van der Waals surface area contributed by atoms with Gasteiger partial charge in [0.2, 0.25) is 0 Å². The minimum Gasteiger partial charge on any atom is -0.198 e. The predicted molar refractivity (Wildman–Crippen MR) is 115 cm³/mol. The second kappa shape index (κ2) is 10.5. The molecule has 2 aromatic carbocycles. The zero-order chi connectivity index (χ0) is 19.7. The number of nitriles is 2. The van der Waals surface area contributed by atoms with E-state index in [1.807, 2.05) is 38.1 Å². The van der Waals surface area contributed by atoms with Crippen LogP contribution in [0.2, 0.25) is 0 Å². The Morgan fingerprint density at radius 3 is 1.92 bits per heavy atom. The molecule has 0 saturated heterocycles. The van der Waals surface area contributed by atoms with Crippen LogP contribution in [-0.2, 0) is 24.7 Å². The highest BCUT2D eigenvalue weighted by Crippen LogP contribution is 2.27. The second-order valence-corrected chi connectivity index (χ2v) is 8.22. The summed E-state index contributed by atoms with van der Waals surface area (Å²) in [5.74, 6) is 0. The van der Waals surface area contributed by atoms with Gasteiger partial charge in [0, 0.05) is 8.95 Å². The molecule has 2 aromatic rings. The highest BCUT2D eigenvalue weighted by Gasteiger charge is 2.20. The molecule has 0 aromatic heterocycles. The average molecular weight is 476 g/mol. The second-order valence-electron chi connectivity index (χ2n) is 6.51. The van der Waals surface area contributed by atoms with E-state index >= 15 is 0 Å². The normalized spacial score (nSPS) is 10.3. The van der Waals surface area contributed by atoms with Crippen LogP contribution in [-0.4, -0.2) is 0 Å². The van der Waals surface area contributed by atoms with Gasteiger partial charge in [-0.05, 0) is 61.1 Å². The molecule has 2 rings (SSSR count). The van der Waals surface area contributed by atoms with E-state index in [1.165, 1.54) is 11.1 Å². The minimum atomic E-state index is -0.398. The number of rotatable bonds is 4. The van der Waals surface area contributed by atoms with Gasteiger partial charge in [0.25, 0.3) is 0 Å². The molecule has 0 bridgehead atoms. The third-order valence-electron chi connectivity index (χ3n) is 4.20. The number of benzene rings is 2. The van der Waals surface area contributed by atoms with Crippen LogP contribution in [0.3, 0.4) is 0 Å². The predicted octanol–water partition coefficient (Wildman–Crippen LogP) is 6.89. The van der Waals surface area contributed by atoms with Crippen LogP contribution in [0.4, 0.5) is 0 Å².